The van der Waals surface area contributed by atoms with Crippen molar-refractivity contribution in [3.05, 3.63) is 139 Å². The summed E-state index contributed by atoms with van der Waals surface area (Å²) < 4.78 is 150. The minimum atomic E-state index is -5.06. The lowest BCUT2D eigenvalue weighted by Crippen LogP contribution is -2.19. The first kappa shape index (κ1) is 103. The number of carbonyl (C=O) groups is 1. The van der Waals surface area contributed by atoms with Crippen LogP contribution in [0.4, 0.5) is 80.3 Å². The number of nitrogens with two attached hydrogens (primary N) is 1. The maximum atomic E-state index is 12.6. The predicted molar refractivity (Wildman–Crippen MR) is 491 cm³/mol. The molecule has 68 heteroatoms. The third kappa shape index (κ3) is 29.4. The highest BCUT2D eigenvalue weighted by molar-refractivity contribution is 8.00. The number of phenols is 1. The lowest BCUT2D eigenvalue weighted by atomic mass is 10.1. The zero-order chi connectivity index (χ0) is 94.1. The van der Waals surface area contributed by atoms with Crippen molar-refractivity contribution >= 4 is 318 Å². The molecular weight excluding hydrogens is 2110 g/mol. The molecule has 6 aromatic heterocycles. The van der Waals surface area contributed by atoms with Crippen LogP contribution in [-0.2, 0) is 59.2 Å². The number of primary amides is 1. The number of thioether (sulfide) groups is 4. The molecule has 0 aliphatic carbocycles. The highest BCUT2D eigenvalue weighted by Crippen LogP contribution is 2.49. The van der Waals surface area contributed by atoms with Crippen LogP contribution < -0.4 is 43.0 Å². The number of nitrogens with one attached hydrogen (secondary N) is 7. The van der Waals surface area contributed by atoms with E-state index in [4.69, 9.17) is 109 Å². The molecule has 16 N–H and O–H groups in total. The van der Waals surface area contributed by atoms with E-state index in [1.807, 2.05) is 0 Å². The second kappa shape index (κ2) is 46.5. The summed E-state index contributed by atoms with van der Waals surface area (Å²) in [4.78, 5) is 82.6. The molecule has 50 nitrogen and oxygen atoms in total. The average Bonchev–Trinajstić information content (AvgIpc) is 0.767. The van der Waals surface area contributed by atoms with Gasteiger partial charge in [-0.2, -0.15) is 123 Å². The molecule has 6 heterocycles. The number of aromatic hydroxyl groups is 1. The number of aromatic nitrogens is 18. The zero-order valence-corrected chi connectivity index (χ0v) is 78.1. The molecule has 13 rings (SSSR count). The molecule has 132 heavy (non-hydrogen) atoms. The fourth-order valence-corrected chi connectivity index (χ4v) is 18.8. The minimum absolute atomic E-state index is 0. The van der Waals surface area contributed by atoms with Crippen LogP contribution in [0.25, 0.3) is 32.3 Å². The molecule has 0 aliphatic heterocycles. The molecule has 0 aliphatic rings. The highest BCUT2D eigenvalue weighted by Gasteiger charge is 2.28. The maximum Gasteiger partial charge on any atom is 0.316 e. The van der Waals surface area contributed by atoms with Crippen LogP contribution in [0.5, 0.6) is 5.75 Å². The molecule has 0 atom stereocenters. The fourth-order valence-electron chi connectivity index (χ4n) is 10.7. The van der Waals surface area contributed by atoms with E-state index in [1.54, 1.807) is 18.2 Å². The van der Waals surface area contributed by atoms with Gasteiger partial charge in [-0.25, -0.2) is 15.3 Å². The Morgan fingerprint density at radius 3 is 1.31 bits per heavy atom. The number of amides is 2. The molecule has 694 valence electrons. The van der Waals surface area contributed by atoms with Gasteiger partial charge in [-0.1, -0.05) is 94.9 Å². The van der Waals surface area contributed by atoms with Crippen molar-refractivity contribution < 1.29 is 91.0 Å². The van der Waals surface area contributed by atoms with Crippen LogP contribution in [0.2, 0.25) is 42.3 Å². The van der Waals surface area contributed by atoms with Crippen molar-refractivity contribution in [3.8, 4) is 5.75 Å². The topological polar surface area (TPSA) is 724 Å². The SMILES string of the molecule is C.NC(=O)Nc1cc(Nc2nc(SCCNc3nc(Cl)nc(Cl)n3)nc(SCCNc3nc(Cl)nc(Cl)n3)n2)ccc1N=Nc1cc2c(S(=O)(=O)O)cc(SOOO)cc2cc1S(=O)(=O)O.O=S(=O)(O)c1cc(Nc2nc(SCCNc3nc(Cl)nc(Cl)n3)nc(SCCNc3nc(Cl)nc(Cl)n3)n2)c2c(O)c(N=Nc3ccc4ccccc4c3S(=O)(=O)O)c(SOOO)cc2c1. The largest absolute Gasteiger partial charge is 0.505 e. The van der Waals surface area contributed by atoms with Gasteiger partial charge in [-0.15, -0.1) is 29.1 Å². The number of nitrogens with zero attached hydrogens (tertiary/aromatic N) is 22. The van der Waals surface area contributed by atoms with Gasteiger partial charge in [0.1, 0.15) is 37.4 Å². The lowest BCUT2D eigenvalue weighted by Gasteiger charge is -2.15. The summed E-state index contributed by atoms with van der Waals surface area (Å²) in [6.45, 7) is 1.14. The molecule has 2 amide bonds. The summed E-state index contributed by atoms with van der Waals surface area (Å²) in [5.41, 5.74) is 3.99. The summed E-state index contributed by atoms with van der Waals surface area (Å²) in [7, 11) is -19.9. The Bertz CT molecular complexity index is 6870. The molecule has 13 aromatic rings. The van der Waals surface area contributed by atoms with Crippen LogP contribution in [0.15, 0.2) is 168 Å². The first-order chi connectivity index (χ1) is 62.3. The highest BCUT2D eigenvalue weighted by atomic mass is 35.5. The normalized spacial score (nSPS) is 11.9. The Labute approximate surface area is 807 Å². The summed E-state index contributed by atoms with van der Waals surface area (Å²) in [5.74, 6) is 1.10. The van der Waals surface area contributed by atoms with E-state index in [2.05, 4.69) is 166 Å². The number of halogens is 8. The standard InChI is InChI=1S/C33H24Cl4N14O10S5.C30H24Cl4N16O10S5.CH4/c34-25-41-26(35)44-29(43-25)38-7-9-62-32-47-31(48-33(49-32)63-10-8-39-30-45-27(36)42-28(37)46-30)40-19-13-16(65(54,55)56)11-15-12-20(64-61-60-53)22(23(52)21(15)19)51-50-18-6-5-14-3-1-2-4-17(14)24(18)66(57,58)59;31-21-40-22(32)43-26(42-21)36-3-5-61-29-46-28(47-30(48-29)62-6-4-37-27-44-23(33)41-24(34)45-27)38-13-1-2-16(17(9-13)39-25(35)51)49-50-18-11-15-12(8-20(18)65(56,57)58)7-14(63-60-59-52)10-19(15)64(53,54)55;/h1-6,11-13,52-53H,7-10H2,(H,54,55,56)(H,57,58,59)(H,38,41,43,44)(H,39,42,45,46)(H,40,47,48,49);1-2,7-11,52H,3-6H2,(H3,35,39,51)(H,53,54,55)(H,56,57,58)(H,36,40,42,43)(H,37,41,44,45)(H,38,46,47,48);1H4. The van der Waals surface area contributed by atoms with E-state index in [-0.39, 0.29) is 196 Å². The number of rotatable bonds is 39. The Morgan fingerprint density at radius 1 is 0.409 bits per heavy atom. The molecule has 0 unspecified atom stereocenters. The number of fused-ring (bicyclic) bond motifs is 3. The smallest absolute Gasteiger partial charge is 0.316 e. The van der Waals surface area contributed by atoms with Gasteiger partial charge in [0.25, 0.3) is 40.5 Å². The molecule has 0 saturated heterocycles. The number of anilines is 9. The number of azo groups is 2. The van der Waals surface area contributed by atoms with Crippen molar-refractivity contribution in [1.29, 1.82) is 0 Å². The molecular formula is C64H52Cl8N30O20S10. The maximum absolute atomic E-state index is 12.6. The quantitative estimate of drug-likeness (QED) is 0.00324. The predicted octanol–water partition coefficient (Wildman–Crippen LogP) is 16.0. The van der Waals surface area contributed by atoms with Gasteiger partial charge < -0.3 is 48.1 Å². The number of hydrogen-bond acceptors (Lipinski definition) is 50. The number of carbonyl (C=O) groups excluding carboxylic acids is 1. The third-order valence-electron chi connectivity index (χ3n) is 15.6. The van der Waals surface area contributed by atoms with Crippen LogP contribution >= 0.6 is 164 Å². The average molecular weight is 2170 g/mol. The van der Waals surface area contributed by atoms with Gasteiger partial charge in [0.15, 0.2) is 26.4 Å². The molecule has 7 aromatic carbocycles. The molecule has 0 radical (unpaired) electrons. The molecule has 0 spiro atoms. The second-order valence-corrected chi connectivity index (χ2v) is 38.3. The van der Waals surface area contributed by atoms with E-state index in [9.17, 15) is 61.8 Å². The number of hydrogen-bond donors (Lipinski definition) is 15. The van der Waals surface area contributed by atoms with Crippen molar-refractivity contribution in [2.45, 2.75) is 57.4 Å². The van der Waals surface area contributed by atoms with Gasteiger partial charge in [0.05, 0.1) is 45.3 Å². The number of urea groups is 1. The Morgan fingerprint density at radius 2 is 0.856 bits per heavy atom. The second-order valence-electron chi connectivity index (χ2n) is 24.3. The van der Waals surface area contributed by atoms with E-state index in [0.29, 0.717) is 53.5 Å². The Balaban J connectivity index is 0.000000253. The van der Waals surface area contributed by atoms with E-state index in [1.165, 1.54) is 72.1 Å². The van der Waals surface area contributed by atoms with Gasteiger partial charge in [-0.3, -0.25) is 18.2 Å². The van der Waals surface area contributed by atoms with Gasteiger partial charge in [0.2, 0.25) is 78.0 Å². The Hall–Kier alpha value is -9.73. The van der Waals surface area contributed by atoms with Crippen LogP contribution in [0, 0.1) is 0 Å². The van der Waals surface area contributed by atoms with Gasteiger partial charge >= 0.3 is 6.03 Å². The van der Waals surface area contributed by atoms with Crippen LogP contribution in [0.3, 0.4) is 0 Å². The summed E-state index contributed by atoms with van der Waals surface area (Å²) in [6, 6.07) is 19.3. The molecule has 0 fully saturated rings. The van der Waals surface area contributed by atoms with Crippen molar-refractivity contribution in [1.82, 2.24) is 89.7 Å². The fraction of sp³-hybridized carbons (Fsp3) is 0.141. The molecule has 0 saturated carbocycles. The van der Waals surface area contributed by atoms with E-state index < -0.39 is 83.2 Å². The Kier molecular flexibility index (Phi) is 36.2. The van der Waals surface area contributed by atoms with Crippen molar-refractivity contribution in [2.24, 2.45) is 26.2 Å². The van der Waals surface area contributed by atoms with Crippen LogP contribution in [0.1, 0.15) is 7.43 Å². The van der Waals surface area contributed by atoms with E-state index in [0.717, 1.165) is 53.9 Å². The van der Waals surface area contributed by atoms with Crippen molar-refractivity contribution in [2.75, 3.05) is 86.4 Å². The summed E-state index contributed by atoms with van der Waals surface area (Å²) in [6.07, 6.45) is 0. The monoisotopic (exact) mass is 2160 g/mol. The van der Waals surface area contributed by atoms with Crippen molar-refractivity contribution in [3.63, 3.8) is 0 Å². The molecule has 0 bridgehead atoms. The van der Waals surface area contributed by atoms with Gasteiger partial charge in [0, 0.05) is 75.9 Å². The lowest BCUT2D eigenvalue weighted by molar-refractivity contribution is -0.432. The number of benzene rings is 7. The summed E-state index contributed by atoms with van der Waals surface area (Å²) >= 11 is 52.3. The van der Waals surface area contributed by atoms with E-state index >= 15 is 0 Å². The first-order valence-electron chi connectivity index (χ1n) is 34.8. The third-order valence-corrected chi connectivity index (χ3v) is 25.1. The minimum Gasteiger partial charge on any atom is -0.505 e. The van der Waals surface area contributed by atoms with Gasteiger partial charge in [-0.05, 0) is 176 Å². The zero-order valence-electron chi connectivity index (χ0n) is 63.9. The summed E-state index contributed by atoms with van der Waals surface area (Å²) in [5, 5.41) is 72.9. The number of phenolic OH excluding ortho intramolecular Hbond substituents is 1. The van der Waals surface area contributed by atoms with Crippen LogP contribution in [-0.4, -0.2) is 212 Å². The first-order valence-corrected chi connectivity index (χ1v) is 49.0.